The molecule has 1 aromatic heterocycles. The largest absolute Gasteiger partial charge is 0.295 e. The van der Waals surface area contributed by atoms with E-state index >= 15 is 0 Å². The van der Waals surface area contributed by atoms with Gasteiger partial charge in [-0.3, -0.25) is 4.90 Å². The third kappa shape index (κ3) is 4.63. The molecule has 1 aromatic carbocycles. The molecule has 2 aromatic rings. The Morgan fingerprint density at radius 1 is 1.17 bits per heavy atom. The van der Waals surface area contributed by atoms with Crippen molar-refractivity contribution in [3.8, 4) is 0 Å². The number of hydrogen-bond acceptors (Lipinski definition) is 4. The Kier molecular flexibility index (Phi) is 5.65. The van der Waals surface area contributed by atoms with Crippen LogP contribution in [0.3, 0.4) is 0 Å². The molecule has 0 radical (unpaired) electrons. The molecule has 1 N–H and O–H groups in total. The maximum absolute atomic E-state index is 12.9. The normalized spacial score (nSPS) is 17.2. The summed E-state index contributed by atoms with van der Waals surface area (Å²) in [6.45, 7) is 2.36. The van der Waals surface area contributed by atoms with Crippen molar-refractivity contribution in [2.24, 2.45) is 0 Å². The van der Waals surface area contributed by atoms with Crippen LogP contribution < -0.4 is 4.72 Å². The van der Waals surface area contributed by atoms with Gasteiger partial charge in [0.2, 0.25) is 10.0 Å². The molecule has 0 spiro atoms. The Morgan fingerprint density at radius 3 is 2.50 bits per heavy atom. The minimum Gasteiger partial charge on any atom is -0.295 e. The topological polar surface area (TPSA) is 49.4 Å². The average molecular weight is 368 g/mol. The van der Waals surface area contributed by atoms with Gasteiger partial charge in [-0.05, 0) is 66.0 Å². The van der Waals surface area contributed by atoms with Crippen LogP contribution >= 0.6 is 11.3 Å². The number of likely N-dealkylation sites (tertiary alicyclic amines) is 1. The number of sulfonamides is 1. The molecule has 1 unspecified atom stereocenters. The molecule has 1 aliphatic rings. The van der Waals surface area contributed by atoms with Crippen LogP contribution in [-0.4, -0.2) is 33.0 Å². The first-order valence-electron chi connectivity index (χ1n) is 8.01. The van der Waals surface area contributed by atoms with Crippen molar-refractivity contribution in [3.05, 3.63) is 58.0 Å². The third-order valence-electron chi connectivity index (χ3n) is 4.28. The Labute approximate surface area is 146 Å². The first-order chi connectivity index (χ1) is 11.5. The predicted octanol–water partition coefficient (Wildman–Crippen LogP) is 3.14. The zero-order valence-electron chi connectivity index (χ0n) is 13.3. The molecule has 3 rings (SSSR count). The Bertz CT molecular complexity index is 739. The Morgan fingerprint density at radius 2 is 1.88 bits per heavy atom. The second-order valence-corrected chi connectivity index (χ2v) is 8.64. The lowest BCUT2D eigenvalue weighted by Gasteiger charge is -2.27. The van der Waals surface area contributed by atoms with Gasteiger partial charge >= 0.3 is 0 Å². The van der Waals surface area contributed by atoms with Crippen LogP contribution in [0.1, 0.15) is 30.0 Å². The number of benzene rings is 1. The average Bonchev–Trinajstić information content (AvgIpc) is 3.23. The molecular formula is C17H21FN2O2S2. The monoisotopic (exact) mass is 368 g/mol. The van der Waals surface area contributed by atoms with Gasteiger partial charge in [0.05, 0.1) is 5.75 Å². The van der Waals surface area contributed by atoms with Gasteiger partial charge in [0, 0.05) is 12.6 Å². The van der Waals surface area contributed by atoms with Crippen molar-refractivity contribution >= 4 is 21.4 Å². The zero-order valence-corrected chi connectivity index (χ0v) is 15.0. The summed E-state index contributed by atoms with van der Waals surface area (Å²) < 4.78 is 40.4. The highest BCUT2D eigenvalue weighted by molar-refractivity contribution is 7.88. The first kappa shape index (κ1) is 17.5. The van der Waals surface area contributed by atoms with Crippen LogP contribution in [0.4, 0.5) is 4.39 Å². The smallest absolute Gasteiger partial charge is 0.215 e. The van der Waals surface area contributed by atoms with Crippen LogP contribution in [0.5, 0.6) is 0 Å². The SMILES string of the molecule is O=S(=O)(Cc1ccc(F)cc1)NCC(c1ccsc1)N1CCCC1. The molecule has 1 atom stereocenters. The van der Waals surface area contributed by atoms with Gasteiger partial charge in [0.25, 0.3) is 0 Å². The van der Waals surface area contributed by atoms with E-state index < -0.39 is 10.0 Å². The van der Waals surface area contributed by atoms with Crippen LogP contribution in [0.25, 0.3) is 0 Å². The van der Waals surface area contributed by atoms with Crippen molar-refractivity contribution in [3.63, 3.8) is 0 Å². The van der Waals surface area contributed by atoms with Gasteiger partial charge in [0.1, 0.15) is 5.82 Å². The summed E-state index contributed by atoms with van der Waals surface area (Å²) in [4.78, 5) is 2.34. The van der Waals surface area contributed by atoms with E-state index in [-0.39, 0.29) is 17.6 Å². The van der Waals surface area contributed by atoms with E-state index in [0.29, 0.717) is 12.1 Å². The highest BCUT2D eigenvalue weighted by Crippen LogP contribution is 2.26. The fraction of sp³-hybridized carbons (Fsp3) is 0.412. The summed E-state index contributed by atoms with van der Waals surface area (Å²) in [5.41, 5.74) is 1.74. The van der Waals surface area contributed by atoms with E-state index in [1.165, 1.54) is 24.3 Å². The van der Waals surface area contributed by atoms with Gasteiger partial charge in [-0.25, -0.2) is 17.5 Å². The number of thiophene rings is 1. The second-order valence-electron chi connectivity index (χ2n) is 6.05. The fourth-order valence-electron chi connectivity index (χ4n) is 3.03. The number of nitrogens with one attached hydrogen (secondary N) is 1. The zero-order chi connectivity index (χ0) is 17.0. The molecular weight excluding hydrogens is 347 g/mol. The summed E-state index contributed by atoms with van der Waals surface area (Å²) >= 11 is 1.62. The summed E-state index contributed by atoms with van der Waals surface area (Å²) in [7, 11) is -3.46. The molecule has 0 bridgehead atoms. The number of nitrogens with zero attached hydrogens (tertiary/aromatic N) is 1. The second kappa shape index (κ2) is 7.74. The number of rotatable bonds is 7. The lowest BCUT2D eigenvalue weighted by atomic mass is 10.1. The van der Waals surface area contributed by atoms with Gasteiger partial charge in [0.15, 0.2) is 0 Å². The summed E-state index contributed by atoms with van der Waals surface area (Å²) in [6, 6.07) is 7.70. The van der Waals surface area contributed by atoms with Gasteiger partial charge in [-0.1, -0.05) is 12.1 Å². The maximum atomic E-state index is 12.9. The molecule has 1 aliphatic heterocycles. The molecule has 0 saturated carbocycles. The lowest BCUT2D eigenvalue weighted by molar-refractivity contribution is 0.247. The Hall–Kier alpha value is -1.28. The number of halogens is 1. The maximum Gasteiger partial charge on any atom is 0.215 e. The quantitative estimate of drug-likeness (QED) is 0.817. The minimum absolute atomic E-state index is 0.0711. The molecule has 1 saturated heterocycles. The van der Waals surface area contributed by atoms with Crippen molar-refractivity contribution in [1.29, 1.82) is 0 Å². The summed E-state index contributed by atoms with van der Waals surface area (Å²) in [5.74, 6) is -0.500. The van der Waals surface area contributed by atoms with Crippen molar-refractivity contribution in [2.45, 2.75) is 24.6 Å². The molecule has 0 amide bonds. The van der Waals surface area contributed by atoms with Crippen LogP contribution in [0.2, 0.25) is 0 Å². The predicted molar refractivity (Wildman–Crippen MR) is 94.9 cm³/mol. The minimum atomic E-state index is -3.46. The van der Waals surface area contributed by atoms with Crippen molar-refractivity contribution < 1.29 is 12.8 Å². The van der Waals surface area contributed by atoms with Crippen LogP contribution in [0, 0.1) is 5.82 Å². The highest BCUT2D eigenvalue weighted by atomic mass is 32.2. The van der Waals surface area contributed by atoms with Crippen molar-refractivity contribution in [2.75, 3.05) is 19.6 Å². The molecule has 1 fully saturated rings. The lowest BCUT2D eigenvalue weighted by Crippen LogP contribution is -2.37. The van der Waals surface area contributed by atoms with Crippen molar-refractivity contribution in [1.82, 2.24) is 9.62 Å². The standard InChI is InChI=1S/C17H21FN2O2S2/c18-16-5-3-14(4-6-16)13-24(21,22)19-11-17(15-7-10-23-12-15)20-8-1-2-9-20/h3-7,10,12,17,19H,1-2,8-9,11,13H2. The van der Waals surface area contributed by atoms with Gasteiger partial charge in [-0.2, -0.15) is 11.3 Å². The molecule has 7 heteroatoms. The Balaban J connectivity index is 1.65. The summed E-state index contributed by atoms with van der Waals surface area (Å²) in [5, 5.41) is 4.10. The van der Waals surface area contributed by atoms with Crippen LogP contribution in [0.15, 0.2) is 41.1 Å². The van der Waals surface area contributed by atoms with Gasteiger partial charge < -0.3 is 0 Å². The van der Waals surface area contributed by atoms with E-state index in [9.17, 15) is 12.8 Å². The highest BCUT2D eigenvalue weighted by Gasteiger charge is 2.25. The fourth-order valence-corrected chi connectivity index (χ4v) is 4.88. The third-order valence-corrected chi connectivity index (χ3v) is 6.30. The summed E-state index contributed by atoms with van der Waals surface area (Å²) in [6.07, 6.45) is 2.31. The van der Waals surface area contributed by atoms with Gasteiger partial charge in [-0.15, -0.1) is 0 Å². The molecule has 130 valence electrons. The van der Waals surface area contributed by atoms with E-state index in [2.05, 4.69) is 21.1 Å². The van der Waals surface area contributed by atoms with E-state index in [1.54, 1.807) is 11.3 Å². The number of hydrogen-bond donors (Lipinski definition) is 1. The van der Waals surface area contributed by atoms with Crippen LogP contribution in [-0.2, 0) is 15.8 Å². The molecule has 4 nitrogen and oxygen atoms in total. The van der Waals surface area contributed by atoms with E-state index in [1.807, 2.05) is 5.38 Å². The molecule has 24 heavy (non-hydrogen) atoms. The van der Waals surface area contributed by atoms with E-state index in [4.69, 9.17) is 0 Å². The first-order valence-corrected chi connectivity index (χ1v) is 10.6. The molecule has 2 heterocycles. The molecule has 0 aliphatic carbocycles. The van der Waals surface area contributed by atoms with E-state index in [0.717, 1.165) is 31.5 Å².